The molecule has 0 radical (unpaired) electrons. The van der Waals surface area contributed by atoms with E-state index in [-0.39, 0.29) is 24.8 Å². The first-order chi connectivity index (χ1) is 17.7. The Bertz CT molecular complexity index is 1170. The van der Waals surface area contributed by atoms with E-state index in [0.29, 0.717) is 29.4 Å². The van der Waals surface area contributed by atoms with Crippen LogP contribution in [0.3, 0.4) is 0 Å². The van der Waals surface area contributed by atoms with Crippen LogP contribution in [0.4, 0.5) is 0 Å². The SMILES string of the molecule is Cc1cc(C)cc(C(CC(C)C)NC(=O)c2cc(OCCCc3ccccc3)ccc2CCC(=O)O)c1. The minimum Gasteiger partial charge on any atom is -0.494 e. The summed E-state index contributed by atoms with van der Waals surface area (Å²) in [6.07, 6.45) is 2.82. The van der Waals surface area contributed by atoms with Crippen molar-refractivity contribution in [2.45, 2.75) is 65.8 Å². The Hall–Kier alpha value is -3.60. The predicted molar refractivity (Wildman–Crippen MR) is 148 cm³/mol. The molecule has 0 aliphatic carbocycles. The lowest BCUT2D eigenvalue weighted by molar-refractivity contribution is -0.136. The van der Waals surface area contributed by atoms with E-state index in [1.807, 2.05) is 30.3 Å². The van der Waals surface area contributed by atoms with Crippen molar-refractivity contribution in [3.8, 4) is 5.75 Å². The van der Waals surface area contributed by atoms with E-state index in [4.69, 9.17) is 4.74 Å². The number of benzene rings is 3. The second-order valence-electron chi connectivity index (χ2n) is 10.2. The minimum atomic E-state index is -0.888. The number of ether oxygens (including phenoxy) is 1. The third-order valence-corrected chi connectivity index (χ3v) is 6.31. The molecule has 3 rings (SSSR count). The summed E-state index contributed by atoms with van der Waals surface area (Å²) >= 11 is 0. The molecule has 0 saturated carbocycles. The lowest BCUT2D eigenvalue weighted by Gasteiger charge is -2.23. The van der Waals surface area contributed by atoms with Crippen molar-refractivity contribution >= 4 is 11.9 Å². The van der Waals surface area contributed by atoms with Crippen LogP contribution in [-0.4, -0.2) is 23.6 Å². The number of aryl methyl sites for hydroxylation is 4. The maximum absolute atomic E-state index is 13.6. The molecule has 1 amide bonds. The molecule has 5 heteroatoms. The predicted octanol–water partition coefficient (Wildman–Crippen LogP) is 6.85. The van der Waals surface area contributed by atoms with Crippen LogP contribution in [0.2, 0.25) is 0 Å². The summed E-state index contributed by atoms with van der Waals surface area (Å²) in [4.78, 5) is 24.8. The average Bonchev–Trinajstić information content (AvgIpc) is 2.85. The highest BCUT2D eigenvalue weighted by Gasteiger charge is 2.21. The molecule has 196 valence electrons. The average molecular weight is 502 g/mol. The fourth-order valence-corrected chi connectivity index (χ4v) is 4.62. The molecule has 2 N–H and O–H groups in total. The van der Waals surface area contributed by atoms with Gasteiger partial charge in [-0.1, -0.05) is 79.6 Å². The van der Waals surface area contributed by atoms with Gasteiger partial charge in [0.2, 0.25) is 0 Å². The molecular formula is C32H39NO4. The third-order valence-electron chi connectivity index (χ3n) is 6.31. The van der Waals surface area contributed by atoms with Gasteiger partial charge in [-0.25, -0.2) is 0 Å². The highest BCUT2D eigenvalue weighted by molar-refractivity contribution is 5.96. The number of carboxylic acid groups (broad SMARTS) is 1. The van der Waals surface area contributed by atoms with Crippen molar-refractivity contribution in [1.82, 2.24) is 5.32 Å². The maximum atomic E-state index is 13.6. The summed E-state index contributed by atoms with van der Waals surface area (Å²) in [5, 5.41) is 12.5. The molecule has 37 heavy (non-hydrogen) atoms. The normalized spacial score (nSPS) is 11.8. The monoisotopic (exact) mass is 501 g/mol. The fourth-order valence-electron chi connectivity index (χ4n) is 4.62. The van der Waals surface area contributed by atoms with Crippen molar-refractivity contribution in [2.24, 2.45) is 5.92 Å². The zero-order valence-corrected chi connectivity index (χ0v) is 22.4. The van der Waals surface area contributed by atoms with Crippen LogP contribution in [0, 0.1) is 19.8 Å². The largest absolute Gasteiger partial charge is 0.494 e. The lowest BCUT2D eigenvalue weighted by Crippen LogP contribution is -2.30. The Morgan fingerprint density at radius 2 is 1.62 bits per heavy atom. The van der Waals surface area contributed by atoms with E-state index in [1.54, 1.807) is 6.07 Å². The van der Waals surface area contributed by atoms with Gasteiger partial charge in [0.05, 0.1) is 12.6 Å². The second kappa shape index (κ2) is 13.6. The number of carbonyl (C=O) groups is 2. The van der Waals surface area contributed by atoms with E-state index >= 15 is 0 Å². The topological polar surface area (TPSA) is 75.6 Å². The number of aliphatic carboxylic acids is 1. The summed E-state index contributed by atoms with van der Waals surface area (Å²) in [6, 6.07) is 21.9. The van der Waals surface area contributed by atoms with Crippen molar-refractivity contribution in [3.63, 3.8) is 0 Å². The van der Waals surface area contributed by atoms with Gasteiger partial charge in [0.25, 0.3) is 5.91 Å². The molecule has 0 heterocycles. The van der Waals surface area contributed by atoms with Gasteiger partial charge in [-0.2, -0.15) is 0 Å². The first-order valence-electron chi connectivity index (χ1n) is 13.1. The Morgan fingerprint density at radius 3 is 2.27 bits per heavy atom. The number of carboxylic acids is 1. The Labute approximate surface area is 220 Å². The summed E-state index contributed by atoms with van der Waals surface area (Å²) in [5.74, 6) is -0.0959. The second-order valence-corrected chi connectivity index (χ2v) is 10.2. The standard InChI is InChI=1S/C32H39NO4/c1-22(2)17-30(27-19-23(3)18-24(4)20-27)33-32(36)29-21-28(14-12-26(29)13-15-31(34)35)37-16-8-11-25-9-6-5-7-10-25/h5-7,9-10,12,14,18-22,30H,8,11,13,15-17H2,1-4H3,(H,33,36)(H,34,35). The van der Waals surface area contributed by atoms with Crippen LogP contribution in [0.25, 0.3) is 0 Å². The van der Waals surface area contributed by atoms with Gasteiger partial charge in [0.1, 0.15) is 5.75 Å². The van der Waals surface area contributed by atoms with Crippen LogP contribution < -0.4 is 10.1 Å². The van der Waals surface area contributed by atoms with Crippen molar-refractivity contribution in [3.05, 3.63) is 100 Å². The molecule has 3 aromatic rings. The number of hydrogen-bond donors (Lipinski definition) is 2. The molecule has 5 nitrogen and oxygen atoms in total. The molecule has 0 fully saturated rings. The number of carbonyl (C=O) groups excluding carboxylic acids is 1. The van der Waals surface area contributed by atoms with E-state index in [1.165, 1.54) is 5.56 Å². The van der Waals surface area contributed by atoms with Gasteiger partial charge in [0, 0.05) is 12.0 Å². The number of amides is 1. The summed E-state index contributed by atoms with van der Waals surface area (Å²) < 4.78 is 5.99. The Balaban J connectivity index is 1.78. The van der Waals surface area contributed by atoms with Crippen molar-refractivity contribution in [2.75, 3.05) is 6.61 Å². The highest BCUT2D eigenvalue weighted by Crippen LogP contribution is 2.26. The van der Waals surface area contributed by atoms with Crippen LogP contribution in [0.1, 0.15) is 77.3 Å². The highest BCUT2D eigenvalue weighted by atomic mass is 16.5. The molecule has 0 spiro atoms. The molecule has 1 unspecified atom stereocenters. The van der Waals surface area contributed by atoms with Crippen LogP contribution in [0.5, 0.6) is 5.75 Å². The molecular weight excluding hydrogens is 462 g/mol. The molecule has 3 aromatic carbocycles. The van der Waals surface area contributed by atoms with Gasteiger partial charge < -0.3 is 15.2 Å². The van der Waals surface area contributed by atoms with Gasteiger partial charge in [-0.15, -0.1) is 0 Å². The molecule has 0 aliphatic heterocycles. The summed E-state index contributed by atoms with van der Waals surface area (Å²) in [5.41, 5.74) is 5.84. The van der Waals surface area contributed by atoms with Crippen LogP contribution >= 0.6 is 0 Å². The fraction of sp³-hybridized carbons (Fsp3) is 0.375. The number of hydrogen-bond acceptors (Lipinski definition) is 3. The number of rotatable bonds is 13. The van der Waals surface area contributed by atoms with E-state index in [2.05, 4.69) is 63.3 Å². The molecule has 1 atom stereocenters. The zero-order valence-electron chi connectivity index (χ0n) is 22.4. The van der Waals surface area contributed by atoms with E-state index in [9.17, 15) is 14.7 Å². The van der Waals surface area contributed by atoms with Gasteiger partial charge in [-0.05, 0) is 74.3 Å². The smallest absolute Gasteiger partial charge is 0.303 e. The number of nitrogens with one attached hydrogen (secondary N) is 1. The van der Waals surface area contributed by atoms with Crippen molar-refractivity contribution in [1.29, 1.82) is 0 Å². The third kappa shape index (κ3) is 9.09. The summed E-state index contributed by atoms with van der Waals surface area (Å²) in [7, 11) is 0. The Morgan fingerprint density at radius 1 is 0.919 bits per heavy atom. The van der Waals surface area contributed by atoms with Gasteiger partial charge >= 0.3 is 5.97 Å². The molecule has 0 aliphatic rings. The van der Waals surface area contributed by atoms with E-state index < -0.39 is 5.97 Å². The Kier molecular flexibility index (Phi) is 10.3. The van der Waals surface area contributed by atoms with Crippen LogP contribution in [-0.2, 0) is 17.6 Å². The molecule has 0 aromatic heterocycles. The summed E-state index contributed by atoms with van der Waals surface area (Å²) in [6.45, 7) is 8.94. The molecule has 0 saturated heterocycles. The maximum Gasteiger partial charge on any atom is 0.303 e. The minimum absolute atomic E-state index is 0.0376. The molecule has 0 bridgehead atoms. The van der Waals surface area contributed by atoms with E-state index in [0.717, 1.165) is 36.0 Å². The van der Waals surface area contributed by atoms with Crippen LogP contribution in [0.15, 0.2) is 66.7 Å². The first-order valence-corrected chi connectivity index (χ1v) is 13.1. The van der Waals surface area contributed by atoms with Gasteiger partial charge in [0.15, 0.2) is 0 Å². The first kappa shape index (κ1) is 28.0. The lowest BCUT2D eigenvalue weighted by atomic mass is 9.93. The zero-order chi connectivity index (χ0) is 26.8. The van der Waals surface area contributed by atoms with Gasteiger partial charge in [-0.3, -0.25) is 9.59 Å². The quantitative estimate of drug-likeness (QED) is 0.251. The van der Waals surface area contributed by atoms with Crippen molar-refractivity contribution < 1.29 is 19.4 Å².